The van der Waals surface area contributed by atoms with Crippen molar-refractivity contribution in [3.05, 3.63) is 29.3 Å². The zero-order valence-corrected chi connectivity index (χ0v) is 12.7. The fourth-order valence-corrected chi connectivity index (χ4v) is 2.69. The minimum absolute atomic E-state index is 0.0664. The number of benzene rings is 1. The Morgan fingerprint density at radius 1 is 1.38 bits per heavy atom. The quantitative estimate of drug-likeness (QED) is 0.777. The molecule has 2 N–H and O–H groups in total. The van der Waals surface area contributed by atoms with Crippen molar-refractivity contribution in [1.82, 2.24) is 5.32 Å². The second-order valence-electron chi connectivity index (χ2n) is 4.53. The van der Waals surface area contributed by atoms with Crippen LogP contribution in [-0.4, -0.2) is 51.4 Å². The molecular weight excluding hydrogens is 298 g/mol. The van der Waals surface area contributed by atoms with Crippen LogP contribution in [0.3, 0.4) is 0 Å². The van der Waals surface area contributed by atoms with Gasteiger partial charge in [-0.1, -0.05) is 6.07 Å². The number of rotatable bonds is 6. The molecule has 7 nitrogen and oxygen atoms in total. The predicted molar refractivity (Wildman–Crippen MR) is 75.1 cm³/mol. The van der Waals surface area contributed by atoms with E-state index in [4.69, 9.17) is 5.11 Å². The lowest BCUT2D eigenvalue weighted by molar-refractivity contribution is -0.148. The van der Waals surface area contributed by atoms with Gasteiger partial charge in [-0.3, -0.25) is 4.79 Å². The van der Waals surface area contributed by atoms with Crippen molar-refractivity contribution in [3.8, 4) is 0 Å². The average Bonchev–Trinajstić information content (AvgIpc) is 2.37. The Bertz CT molecular complexity index is 653. The molecule has 1 rings (SSSR count). The van der Waals surface area contributed by atoms with Gasteiger partial charge in [0, 0.05) is 18.9 Å². The first-order chi connectivity index (χ1) is 9.66. The van der Waals surface area contributed by atoms with Gasteiger partial charge in [-0.25, -0.2) is 13.2 Å². The van der Waals surface area contributed by atoms with Crippen molar-refractivity contribution in [2.45, 2.75) is 17.9 Å². The van der Waals surface area contributed by atoms with Crippen molar-refractivity contribution < 1.29 is 27.9 Å². The monoisotopic (exact) mass is 315 g/mol. The normalized spacial score (nSPS) is 12.7. The largest absolute Gasteiger partial charge is 0.479 e. The van der Waals surface area contributed by atoms with Crippen molar-refractivity contribution in [2.75, 3.05) is 19.9 Å². The molecule has 1 amide bonds. The van der Waals surface area contributed by atoms with Crippen molar-refractivity contribution in [3.63, 3.8) is 0 Å². The van der Waals surface area contributed by atoms with E-state index in [0.29, 0.717) is 5.56 Å². The molecule has 0 aliphatic rings. The van der Waals surface area contributed by atoms with E-state index in [0.717, 1.165) is 6.26 Å². The van der Waals surface area contributed by atoms with Crippen LogP contribution in [0, 0.1) is 6.92 Å². The van der Waals surface area contributed by atoms with E-state index in [9.17, 15) is 18.0 Å². The zero-order valence-electron chi connectivity index (χ0n) is 11.9. The third kappa shape index (κ3) is 4.54. The summed E-state index contributed by atoms with van der Waals surface area (Å²) in [7, 11) is -2.22. The van der Waals surface area contributed by atoms with E-state index in [2.05, 4.69) is 10.1 Å². The summed E-state index contributed by atoms with van der Waals surface area (Å²) in [6, 6.07) is 4.26. The Kier molecular flexibility index (Phi) is 5.45. The smallest absolute Gasteiger partial charge is 0.334 e. The Morgan fingerprint density at radius 2 is 2.00 bits per heavy atom. The van der Waals surface area contributed by atoms with Crippen molar-refractivity contribution in [1.29, 1.82) is 0 Å². The highest BCUT2D eigenvalue weighted by Gasteiger charge is 2.19. The van der Waals surface area contributed by atoms with Gasteiger partial charge in [-0.15, -0.1) is 0 Å². The van der Waals surface area contributed by atoms with Gasteiger partial charge in [0.25, 0.3) is 5.91 Å². The molecule has 0 aliphatic heterocycles. The van der Waals surface area contributed by atoms with Gasteiger partial charge in [-0.05, 0) is 24.6 Å². The molecule has 1 aromatic carbocycles. The SMILES string of the molecule is COC(CNC(=O)c1ccc(C)c(S(C)(=O)=O)c1)C(=O)O. The lowest BCUT2D eigenvalue weighted by atomic mass is 10.1. The second kappa shape index (κ2) is 6.68. The fourth-order valence-electron chi connectivity index (χ4n) is 1.70. The van der Waals surface area contributed by atoms with Gasteiger partial charge < -0.3 is 15.2 Å². The van der Waals surface area contributed by atoms with Crippen LogP contribution in [-0.2, 0) is 19.4 Å². The number of carboxylic acids is 1. The second-order valence-corrected chi connectivity index (χ2v) is 6.51. The number of aryl methyl sites for hydroxylation is 1. The minimum atomic E-state index is -3.44. The molecule has 1 aromatic rings. The maximum atomic E-state index is 11.9. The topological polar surface area (TPSA) is 110 Å². The molecule has 0 fully saturated rings. The molecule has 1 unspecified atom stereocenters. The van der Waals surface area contributed by atoms with Crippen LogP contribution >= 0.6 is 0 Å². The van der Waals surface area contributed by atoms with Crippen LogP contribution in [0.15, 0.2) is 23.1 Å². The maximum absolute atomic E-state index is 11.9. The van der Waals surface area contributed by atoms with Gasteiger partial charge in [0.1, 0.15) is 0 Å². The van der Waals surface area contributed by atoms with E-state index in [1.165, 1.54) is 25.3 Å². The van der Waals surface area contributed by atoms with Crippen LogP contribution in [0.5, 0.6) is 0 Å². The number of hydrogen-bond donors (Lipinski definition) is 2. The maximum Gasteiger partial charge on any atom is 0.334 e. The average molecular weight is 315 g/mol. The van der Waals surface area contributed by atoms with Crippen molar-refractivity contribution in [2.24, 2.45) is 0 Å². The van der Waals surface area contributed by atoms with Gasteiger partial charge >= 0.3 is 5.97 Å². The molecule has 116 valence electrons. The molecule has 1 atom stereocenters. The molecular formula is C13H17NO6S. The van der Waals surface area contributed by atoms with Crippen LogP contribution in [0.1, 0.15) is 15.9 Å². The van der Waals surface area contributed by atoms with Crippen LogP contribution in [0.2, 0.25) is 0 Å². The number of nitrogens with one attached hydrogen (secondary N) is 1. The van der Waals surface area contributed by atoms with Gasteiger partial charge in [-0.2, -0.15) is 0 Å². The summed E-state index contributed by atoms with van der Waals surface area (Å²) >= 11 is 0. The summed E-state index contributed by atoms with van der Waals surface area (Å²) in [5.41, 5.74) is 0.677. The summed E-state index contributed by atoms with van der Waals surface area (Å²) in [5.74, 6) is -1.76. The molecule has 0 heterocycles. The Labute approximate surface area is 122 Å². The summed E-state index contributed by atoms with van der Waals surface area (Å²) in [6.45, 7) is 1.41. The van der Waals surface area contributed by atoms with E-state index < -0.39 is 27.8 Å². The highest BCUT2D eigenvalue weighted by molar-refractivity contribution is 7.90. The number of aliphatic carboxylic acids is 1. The molecule has 0 aromatic heterocycles. The molecule has 8 heteroatoms. The molecule has 0 saturated heterocycles. The zero-order chi connectivity index (χ0) is 16.2. The van der Waals surface area contributed by atoms with Gasteiger partial charge in [0.2, 0.25) is 0 Å². The van der Waals surface area contributed by atoms with Crippen LogP contribution in [0.25, 0.3) is 0 Å². The molecule has 0 aliphatic carbocycles. The Morgan fingerprint density at radius 3 is 2.48 bits per heavy atom. The van der Waals surface area contributed by atoms with E-state index >= 15 is 0 Å². The first-order valence-corrected chi connectivity index (χ1v) is 7.90. The Hall–Kier alpha value is -1.93. The van der Waals surface area contributed by atoms with Crippen LogP contribution in [0.4, 0.5) is 0 Å². The molecule has 21 heavy (non-hydrogen) atoms. The molecule has 0 bridgehead atoms. The number of amides is 1. The number of hydrogen-bond acceptors (Lipinski definition) is 5. The first kappa shape index (κ1) is 17.1. The summed E-state index contributed by atoms with van der Waals surface area (Å²) in [4.78, 5) is 22.7. The lowest BCUT2D eigenvalue weighted by Gasteiger charge is -2.12. The highest BCUT2D eigenvalue weighted by Crippen LogP contribution is 2.16. The predicted octanol–water partition coefficient (Wildman–Crippen LogP) is 0.228. The van der Waals surface area contributed by atoms with E-state index in [1.54, 1.807) is 6.92 Å². The van der Waals surface area contributed by atoms with E-state index in [-0.39, 0.29) is 17.0 Å². The third-order valence-electron chi connectivity index (χ3n) is 2.86. The summed E-state index contributed by atoms with van der Waals surface area (Å²) in [5, 5.41) is 11.2. The fraction of sp³-hybridized carbons (Fsp3) is 0.385. The third-order valence-corrected chi connectivity index (χ3v) is 4.10. The number of carbonyl (C=O) groups excluding carboxylic acids is 1. The van der Waals surface area contributed by atoms with Gasteiger partial charge in [0.15, 0.2) is 15.9 Å². The molecule has 0 saturated carbocycles. The number of ether oxygens (including phenoxy) is 1. The van der Waals surface area contributed by atoms with Gasteiger partial charge in [0.05, 0.1) is 11.4 Å². The number of methoxy groups -OCH3 is 1. The summed E-state index contributed by atoms with van der Waals surface area (Å²) in [6.07, 6.45) is -0.101. The number of sulfone groups is 1. The number of carbonyl (C=O) groups is 2. The highest BCUT2D eigenvalue weighted by atomic mass is 32.2. The van der Waals surface area contributed by atoms with Crippen molar-refractivity contribution >= 4 is 21.7 Å². The standard InChI is InChI=1S/C13H17NO6S/c1-8-4-5-9(6-11(8)21(3,18)19)12(15)14-7-10(20-2)13(16)17/h4-6,10H,7H2,1-3H3,(H,14,15)(H,16,17). The molecule has 0 radical (unpaired) electrons. The first-order valence-electron chi connectivity index (χ1n) is 6.01. The van der Waals surface area contributed by atoms with Crippen LogP contribution < -0.4 is 5.32 Å². The molecule has 0 spiro atoms. The lowest BCUT2D eigenvalue weighted by Crippen LogP contribution is -2.37. The Balaban J connectivity index is 2.92. The van der Waals surface area contributed by atoms with E-state index in [1.807, 2.05) is 0 Å². The number of carboxylic acid groups (broad SMARTS) is 1. The minimum Gasteiger partial charge on any atom is -0.479 e. The summed E-state index contributed by atoms with van der Waals surface area (Å²) < 4.78 is 27.9.